The van der Waals surface area contributed by atoms with Crippen molar-refractivity contribution in [2.45, 2.75) is 6.54 Å². The molecule has 0 saturated carbocycles. The van der Waals surface area contributed by atoms with E-state index in [1.165, 1.54) is 5.69 Å². The third-order valence-corrected chi connectivity index (χ3v) is 5.49. The largest absolute Gasteiger partial charge is 0.369 e. The highest BCUT2D eigenvalue weighted by molar-refractivity contribution is 6.31. The van der Waals surface area contributed by atoms with E-state index >= 15 is 0 Å². The van der Waals surface area contributed by atoms with Crippen molar-refractivity contribution in [2.24, 2.45) is 0 Å². The number of piperazine rings is 1. The third-order valence-electron chi connectivity index (χ3n) is 5.12. The van der Waals surface area contributed by atoms with Crippen LogP contribution in [0.3, 0.4) is 0 Å². The Hall–Kier alpha value is -2.83. The molecule has 150 valence electrons. The SMILES string of the molecule is O=C(CN1CCN(c2ccccc2)CC1)Nc1ccnn1Cc1ccccc1Cl. The minimum absolute atomic E-state index is 0.0286. The molecule has 0 radical (unpaired) electrons. The van der Waals surface area contributed by atoms with Crippen LogP contribution >= 0.6 is 11.6 Å². The van der Waals surface area contributed by atoms with Gasteiger partial charge in [-0.1, -0.05) is 48.0 Å². The van der Waals surface area contributed by atoms with Crippen molar-refractivity contribution in [1.82, 2.24) is 14.7 Å². The van der Waals surface area contributed by atoms with Crippen LogP contribution in [0.1, 0.15) is 5.56 Å². The van der Waals surface area contributed by atoms with Crippen molar-refractivity contribution < 1.29 is 4.79 Å². The van der Waals surface area contributed by atoms with E-state index in [2.05, 4.69) is 44.5 Å². The lowest BCUT2D eigenvalue weighted by Gasteiger charge is -2.35. The fourth-order valence-corrected chi connectivity index (χ4v) is 3.74. The number of carbonyl (C=O) groups is 1. The summed E-state index contributed by atoms with van der Waals surface area (Å²) in [5, 5.41) is 7.99. The van der Waals surface area contributed by atoms with Crippen molar-refractivity contribution in [3.8, 4) is 0 Å². The van der Waals surface area contributed by atoms with Crippen LogP contribution in [-0.2, 0) is 11.3 Å². The molecule has 0 spiro atoms. The molecule has 1 aromatic heterocycles. The Kier molecular flexibility index (Phi) is 6.12. The molecule has 2 heterocycles. The van der Waals surface area contributed by atoms with Crippen molar-refractivity contribution >= 4 is 29.0 Å². The van der Waals surface area contributed by atoms with Gasteiger partial charge in [-0.05, 0) is 23.8 Å². The van der Waals surface area contributed by atoms with Crippen LogP contribution in [0.2, 0.25) is 5.02 Å². The minimum Gasteiger partial charge on any atom is -0.369 e. The van der Waals surface area contributed by atoms with Gasteiger partial charge in [0.1, 0.15) is 5.82 Å². The highest BCUT2D eigenvalue weighted by atomic mass is 35.5. The molecule has 6 nitrogen and oxygen atoms in total. The molecule has 1 saturated heterocycles. The van der Waals surface area contributed by atoms with Crippen LogP contribution in [0, 0.1) is 0 Å². The van der Waals surface area contributed by atoms with Crippen LogP contribution in [0.15, 0.2) is 66.9 Å². The number of nitrogens with one attached hydrogen (secondary N) is 1. The van der Waals surface area contributed by atoms with Gasteiger partial charge in [-0.15, -0.1) is 0 Å². The number of rotatable bonds is 6. The first-order valence-corrected chi connectivity index (χ1v) is 10.1. The summed E-state index contributed by atoms with van der Waals surface area (Å²) in [5.74, 6) is 0.650. The molecule has 0 aliphatic carbocycles. The molecule has 29 heavy (non-hydrogen) atoms. The molecular formula is C22H24ClN5O. The molecule has 3 aromatic rings. The Labute approximate surface area is 175 Å². The predicted molar refractivity (Wildman–Crippen MR) is 117 cm³/mol. The van der Waals surface area contributed by atoms with Crippen LogP contribution < -0.4 is 10.2 Å². The first kappa shape index (κ1) is 19.5. The molecular weight excluding hydrogens is 386 g/mol. The average molecular weight is 410 g/mol. The number of nitrogens with zero attached hydrogens (tertiary/aromatic N) is 4. The number of hydrogen-bond acceptors (Lipinski definition) is 4. The van der Waals surface area contributed by atoms with Crippen molar-refractivity contribution in [2.75, 3.05) is 42.9 Å². The average Bonchev–Trinajstić information content (AvgIpc) is 3.17. The molecule has 7 heteroatoms. The Morgan fingerprint density at radius 2 is 1.69 bits per heavy atom. The molecule has 1 aliphatic rings. The zero-order chi connectivity index (χ0) is 20.1. The van der Waals surface area contributed by atoms with Crippen LogP contribution in [0.4, 0.5) is 11.5 Å². The lowest BCUT2D eigenvalue weighted by atomic mass is 10.2. The van der Waals surface area contributed by atoms with Gasteiger partial charge in [-0.25, -0.2) is 4.68 Å². The van der Waals surface area contributed by atoms with Crippen molar-refractivity contribution in [3.05, 3.63) is 77.4 Å². The van der Waals surface area contributed by atoms with E-state index in [0.717, 1.165) is 31.7 Å². The second kappa shape index (κ2) is 9.11. The smallest absolute Gasteiger partial charge is 0.239 e. The summed E-state index contributed by atoms with van der Waals surface area (Å²) in [7, 11) is 0. The van der Waals surface area contributed by atoms with Gasteiger partial charge in [-0.2, -0.15) is 5.10 Å². The van der Waals surface area contributed by atoms with Gasteiger partial charge < -0.3 is 10.2 Å². The van der Waals surface area contributed by atoms with Gasteiger partial charge >= 0.3 is 0 Å². The van der Waals surface area contributed by atoms with Gasteiger partial charge in [0, 0.05) is 43.0 Å². The second-order valence-corrected chi connectivity index (χ2v) is 7.52. The highest BCUT2D eigenvalue weighted by Gasteiger charge is 2.19. The fraction of sp³-hybridized carbons (Fsp3) is 0.273. The topological polar surface area (TPSA) is 53.4 Å². The Morgan fingerprint density at radius 3 is 2.45 bits per heavy atom. The number of aromatic nitrogens is 2. The fourth-order valence-electron chi connectivity index (χ4n) is 3.54. The van der Waals surface area contributed by atoms with Gasteiger partial charge in [0.15, 0.2) is 0 Å². The van der Waals surface area contributed by atoms with Crippen molar-refractivity contribution in [1.29, 1.82) is 0 Å². The zero-order valence-electron chi connectivity index (χ0n) is 16.2. The number of benzene rings is 2. The quantitative estimate of drug-likeness (QED) is 0.678. The molecule has 1 amide bonds. The summed E-state index contributed by atoms with van der Waals surface area (Å²) >= 11 is 6.25. The number of hydrogen-bond donors (Lipinski definition) is 1. The maximum absolute atomic E-state index is 12.6. The summed E-state index contributed by atoms with van der Waals surface area (Å²) in [6, 6.07) is 19.9. The van der Waals surface area contributed by atoms with E-state index in [4.69, 9.17) is 11.6 Å². The number of anilines is 2. The summed E-state index contributed by atoms with van der Waals surface area (Å²) in [4.78, 5) is 17.1. The van der Waals surface area contributed by atoms with Crippen LogP contribution in [0.25, 0.3) is 0 Å². The highest BCUT2D eigenvalue weighted by Crippen LogP contribution is 2.18. The zero-order valence-corrected chi connectivity index (χ0v) is 16.9. The normalized spacial score (nSPS) is 14.7. The van der Waals surface area contributed by atoms with Gasteiger partial charge in [0.2, 0.25) is 5.91 Å². The number of para-hydroxylation sites is 1. The predicted octanol–water partition coefficient (Wildman–Crippen LogP) is 3.35. The Bertz CT molecular complexity index is 951. The van der Waals surface area contributed by atoms with E-state index in [9.17, 15) is 4.79 Å². The van der Waals surface area contributed by atoms with E-state index in [1.807, 2.05) is 36.4 Å². The lowest BCUT2D eigenvalue weighted by molar-refractivity contribution is -0.117. The van der Waals surface area contributed by atoms with E-state index in [0.29, 0.717) is 23.9 Å². The van der Waals surface area contributed by atoms with Gasteiger partial charge in [0.05, 0.1) is 19.3 Å². The summed E-state index contributed by atoms with van der Waals surface area (Å²) in [6.07, 6.45) is 1.69. The van der Waals surface area contributed by atoms with Crippen molar-refractivity contribution in [3.63, 3.8) is 0 Å². The number of amides is 1. The maximum atomic E-state index is 12.6. The van der Waals surface area contributed by atoms with Crippen LogP contribution in [0.5, 0.6) is 0 Å². The third kappa shape index (κ3) is 4.96. The second-order valence-electron chi connectivity index (χ2n) is 7.11. The first-order chi connectivity index (χ1) is 14.2. The number of halogens is 1. The maximum Gasteiger partial charge on any atom is 0.239 e. The lowest BCUT2D eigenvalue weighted by Crippen LogP contribution is -2.48. The molecule has 1 N–H and O–H groups in total. The summed E-state index contributed by atoms with van der Waals surface area (Å²) < 4.78 is 1.76. The standard InChI is InChI=1S/C22H24ClN5O/c23-20-9-5-4-6-18(20)16-28-21(10-11-24-28)25-22(29)17-26-12-14-27(15-13-26)19-7-2-1-3-8-19/h1-11H,12-17H2,(H,25,29). The van der Waals surface area contributed by atoms with Gasteiger partial charge in [-0.3, -0.25) is 9.69 Å². The molecule has 2 aromatic carbocycles. The van der Waals surface area contributed by atoms with E-state index in [1.54, 1.807) is 10.9 Å². The Balaban J connectivity index is 1.30. The Morgan fingerprint density at radius 1 is 0.966 bits per heavy atom. The molecule has 1 fully saturated rings. The van der Waals surface area contributed by atoms with E-state index in [-0.39, 0.29) is 5.91 Å². The summed E-state index contributed by atoms with van der Waals surface area (Å²) in [5.41, 5.74) is 2.20. The molecule has 0 bridgehead atoms. The molecule has 0 unspecified atom stereocenters. The van der Waals surface area contributed by atoms with Gasteiger partial charge in [0.25, 0.3) is 0 Å². The monoisotopic (exact) mass is 409 g/mol. The summed E-state index contributed by atoms with van der Waals surface area (Å²) in [6.45, 7) is 4.45. The first-order valence-electron chi connectivity index (χ1n) is 9.76. The minimum atomic E-state index is -0.0286. The molecule has 4 rings (SSSR count). The van der Waals surface area contributed by atoms with E-state index < -0.39 is 0 Å². The van der Waals surface area contributed by atoms with Crippen LogP contribution in [-0.4, -0.2) is 53.3 Å². The number of carbonyl (C=O) groups excluding carboxylic acids is 1. The molecule has 1 aliphatic heterocycles. The molecule has 0 atom stereocenters.